The molecule has 2 aliphatic heterocycles. The number of amides is 1. The third-order valence-electron chi connectivity index (χ3n) is 5.41. The maximum absolute atomic E-state index is 12.8. The molecule has 0 aromatic heterocycles. The van der Waals surface area contributed by atoms with Crippen LogP contribution in [0.15, 0.2) is 29.2 Å². The summed E-state index contributed by atoms with van der Waals surface area (Å²) in [7, 11) is -3.60. The second kappa shape index (κ2) is 8.47. The minimum atomic E-state index is -3.60. The summed E-state index contributed by atoms with van der Waals surface area (Å²) < 4.78 is 27.2. The van der Waals surface area contributed by atoms with Crippen molar-refractivity contribution in [3.63, 3.8) is 0 Å². The van der Waals surface area contributed by atoms with Gasteiger partial charge in [-0.25, -0.2) is 8.42 Å². The van der Waals surface area contributed by atoms with Crippen LogP contribution in [-0.4, -0.2) is 73.7 Å². The van der Waals surface area contributed by atoms with E-state index in [2.05, 4.69) is 18.7 Å². The molecule has 1 unspecified atom stereocenters. The van der Waals surface area contributed by atoms with Crippen LogP contribution in [0.3, 0.4) is 0 Å². The molecule has 2 aliphatic rings. The minimum absolute atomic E-state index is 0.109. The molecule has 8 heteroatoms. The molecule has 1 aromatic rings. The van der Waals surface area contributed by atoms with E-state index in [-0.39, 0.29) is 21.9 Å². The molecule has 2 fully saturated rings. The van der Waals surface area contributed by atoms with E-state index in [1.54, 1.807) is 18.2 Å². The van der Waals surface area contributed by atoms with Crippen molar-refractivity contribution in [3.8, 4) is 0 Å². The van der Waals surface area contributed by atoms with Crippen LogP contribution in [0, 0.1) is 5.92 Å². The number of hydrogen-bond acceptors (Lipinski definition) is 4. The Bertz CT molecular complexity index is 776. The summed E-state index contributed by atoms with van der Waals surface area (Å²) in [6, 6.07) is 6.42. The smallest absolute Gasteiger partial charge is 0.244 e. The zero-order chi connectivity index (χ0) is 19.6. The van der Waals surface area contributed by atoms with Gasteiger partial charge in [-0.05, 0) is 30.9 Å². The quantitative estimate of drug-likeness (QED) is 0.717. The van der Waals surface area contributed by atoms with Gasteiger partial charge in [-0.1, -0.05) is 37.6 Å². The van der Waals surface area contributed by atoms with Crippen molar-refractivity contribution >= 4 is 27.5 Å². The monoisotopic (exact) mass is 413 g/mol. The van der Waals surface area contributed by atoms with Crippen molar-refractivity contribution in [3.05, 3.63) is 29.3 Å². The molecule has 1 aromatic carbocycles. The molecule has 0 N–H and O–H groups in total. The number of hydrogen-bond donors (Lipinski definition) is 0. The van der Waals surface area contributed by atoms with E-state index in [4.69, 9.17) is 11.6 Å². The summed E-state index contributed by atoms with van der Waals surface area (Å²) >= 11 is 6.08. The van der Waals surface area contributed by atoms with Gasteiger partial charge in [0.1, 0.15) is 4.90 Å². The lowest BCUT2D eigenvalue weighted by Crippen LogP contribution is -2.53. The standard InChI is InChI=1S/C19H28ClN3O3S/c1-15(2)7-9-22-10-8-17(19(22)24)21-11-13-23(14-12-21)27(25,26)18-6-4-3-5-16(18)20/h3-6,15,17H,7-14H2,1-2H3. The lowest BCUT2D eigenvalue weighted by molar-refractivity contribution is -0.132. The Balaban J connectivity index is 1.59. The molecule has 0 radical (unpaired) electrons. The number of carbonyl (C=O) groups excluding carboxylic acids is 1. The molecule has 1 atom stereocenters. The van der Waals surface area contributed by atoms with Gasteiger partial charge < -0.3 is 4.90 Å². The lowest BCUT2D eigenvalue weighted by atomic mass is 10.1. The Labute approximate surface area is 167 Å². The van der Waals surface area contributed by atoms with Crippen LogP contribution in [0.25, 0.3) is 0 Å². The summed E-state index contributed by atoms with van der Waals surface area (Å²) in [6.07, 6.45) is 1.84. The Morgan fingerprint density at radius 2 is 1.78 bits per heavy atom. The van der Waals surface area contributed by atoms with Gasteiger partial charge in [-0.15, -0.1) is 0 Å². The molecule has 2 heterocycles. The lowest BCUT2D eigenvalue weighted by Gasteiger charge is -2.36. The zero-order valence-electron chi connectivity index (χ0n) is 16.0. The number of rotatable bonds is 6. The van der Waals surface area contributed by atoms with Gasteiger partial charge in [-0.2, -0.15) is 4.31 Å². The molecule has 0 saturated carbocycles. The fourth-order valence-corrected chi connectivity index (χ4v) is 5.66. The van der Waals surface area contributed by atoms with Gasteiger partial charge >= 0.3 is 0 Å². The zero-order valence-corrected chi connectivity index (χ0v) is 17.5. The van der Waals surface area contributed by atoms with Gasteiger partial charge in [0, 0.05) is 39.3 Å². The van der Waals surface area contributed by atoms with Gasteiger partial charge in [0.25, 0.3) is 0 Å². The number of piperazine rings is 1. The Morgan fingerprint density at radius 3 is 2.41 bits per heavy atom. The summed E-state index contributed by atoms with van der Waals surface area (Å²) in [5.74, 6) is 0.772. The number of likely N-dealkylation sites (tertiary alicyclic amines) is 1. The third kappa shape index (κ3) is 4.47. The summed E-state index contributed by atoms with van der Waals surface area (Å²) in [5.41, 5.74) is 0. The first-order valence-corrected chi connectivity index (χ1v) is 11.4. The molecule has 3 rings (SSSR count). The molecule has 6 nitrogen and oxygen atoms in total. The van der Waals surface area contributed by atoms with E-state index in [0.717, 1.165) is 25.9 Å². The Hall–Kier alpha value is -1.15. The highest BCUT2D eigenvalue weighted by Crippen LogP contribution is 2.26. The Kier molecular flexibility index (Phi) is 6.46. The molecule has 0 spiro atoms. The predicted octanol–water partition coefficient (Wildman–Crippen LogP) is 2.29. The van der Waals surface area contributed by atoms with Crippen molar-refractivity contribution in [2.24, 2.45) is 5.92 Å². The van der Waals surface area contributed by atoms with Crippen LogP contribution < -0.4 is 0 Å². The van der Waals surface area contributed by atoms with E-state index < -0.39 is 10.0 Å². The van der Waals surface area contributed by atoms with E-state index in [0.29, 0.717) is 32.1 Å². The maximum atomic E-state index is 12.8. The normalized spacial score (nSPS) is 22.7. The minimum Gasteiger partial charge on any atom is -0.341 e. The second-order valence-electron chi connectivity index (χ2n) is 7.68. The van der Waals surface area contributed by atoms with Gasteiger partial charge in [0.05, 0.1) is 11.1 Å². The molecule has 27 heavy (non-hydrogen) atoms. The van der Waals surface area contributed by atoms with Crippen LogP contribution in [0.4, 0.5) is 0 Å². The summed E-state index contributed by atoms with van der Waals surface area (Å²) in [5, 5.41) is 0.242. The molecule has 0 aliphatic carbocycles. The molecule has 2 saturated heterocycles. The van der Waals surface area contributed by atoms with Gasteiger partial charge in [-0.3, -0.25) is 9.69 Å². The fraction of sp³-hybridized carbons (Fsp3) is 0.632. The fourth-order valence-electron chi connectivity index (χ4n) is 3.75. The van der Waals surface area contributed by atoms with Crippen molar-refractivity contribution in [1.82, 2.24) is 14.1 Å². The SMILES string of the molecule is CC(C)CCN1CCC(N2CCN(S(=O)(=O)c3ccccc3Cl)CC2)C1=O. The third-order valence-corrected chi connectivity index (χ3v) is 7.81. The first-order chi connectivity index (χ1) is 12.8. The van der Waals surface area contributed by atoms with E-state index in [1.165, 1.54) is 10.4 Å². The largest absolute Gasteiger partial charge is 0.341 e. The summed E-state index contributed by atoms with van der Waals surface area (Å²) in [6.45, 7) is 7.83. The average molecular weight is 414 g/mol. The molecule has 150 valence electrons. The molecular formula is C19H28ClN3O3S. The van der Waals surface area contributed by atoms with Crippen molar-refractivity contribution in [1.29, 1.82) is 0 Å². The van der Waals surface area contributed by atoms with Crippen molar-refractivity contribution in [2.45, 2.75) is 37.6 Å². The number of sulfonamides is 1. The first kappa shape index (κ1) is 20.6. The highest BCUT2D eigenvalue weighted by Gasteiger charge is 2.38. The molecule has 1 amide bonds. The molecule has 0 bridgehead atoms. The predicted molar refractivity (Wildman–Crippen MR) is 106 cm³/mol. The van der Waals surface area contributed by atoms with Crippen LogP contribution in [0.1, 0.15) is 26.7 Å². The topological polar surface area (TPSA) is 60.9 Å². The highest BCUT2D eigenvalue weighted by molar-refractivity contribution is 7.89. The average Bonchev–Trinajstić information content (AvgIpc) is 3.01. The second-order valence-corrected chi connectivity index (χ2v) is 10.00. The molecular weight excluding hydrogens is 386 g/mol. The highest BCUT2D eigenvalue weighted by atomic mass is 35.5. The van der Waals surface area contributed by atoms with Gasteiger partial charge in [0.15, 0.2) is 0 Å². The number of benzene rings is 1. The Morgan fingerprint density at radius 1 is 1.11 bits per heavy atom. The van der Waals surface area contributed by atoms with Crippen molar-refractivity contribution in [2.75, 3.05) is 39.3 Å². The maximum Gasteiger partial charge on any atom is 0.244 e. The number of halogens is 1. The van der Waals surface area contributed by atoms with Crippen LogP contribution in [-0.2, 0) is 14.8 Å². The van der Waals surface area contributed by atoms with Crippen LogP contribution in [0.5, 0.6) is 0 Å². The number of nitrogens with zero attached hydrogens (tertiary/aromatic N) is 3. The summed E-state index contributed by atoms with van der Waals surface area (Å²) in [4.78, 5) is 16.9. The van der Waals surface area contributed by atoms with Crippen LogP contribution >= 0.6 is 11.6 Å². The number of carbonyl (C=O) groups is 1. The van der Waals surface area contributed by atoms with Crippen LogP contribution in [0.2, 0.25) is 5.02 Å². The van der Waals surface area contributed by atoms with Gasteiger partial charge in [0.2, 0.25) is 15.9 Å². The first-order valence-electron chi connectivity index (χ1n) is 9.58. The van der Waals surface area contributed by atoms with E-state index >= 15 is 0 Å². The van der Waals surface area contributed by atoms with E-state index in [1.807, 2.05) is 4.90 Å². The van der Waals surface area contributed by atoms with Crippen molar-refractivity contribution < 1.29 is 13.2 Å². The van der Waals surface area contributed by atoms with E-state index in [9.17, 15) is 13.2 Å².